The number of hydrogen-bond acceptors (Lipinski definition) is 1. The van der Waals surface area contributed by atoms with Crippen LogP contribution in [0, 0.1) is 5.82 Å². The smallest absolute Gasteiger partial charge is 0.276 e. The van der Waals surface area contributed by atoms with Crippen molar-refractivity contribution in [1.29, 1.82) is 0 Å². The summed E-state index contributed by atoms with van der Waals surface area (Å²) in [7, 11) is 0. The second kappa shape index (κ2) is 5.25. The van der Waals surface area contributed by atoms with E-state index in [9.17, 15) is 22.4 Å². The summed E-state index contributed by atoms with van der Waals surface area (Å²) in [6.07, 6.45) is -4.52. The van der Waals surface area contributed by atoms with Gasteiger partial charge in [0.2, 0.25) is 0 Å². The molecule has 2 aromatic rings. The Balaban J connectivity index is 2.62. The van der Waals surface area contributed by atoms with Crippen LogP contribution in [0.25, 0.3) is 11.1 Å². The summed E-state index contributed by atoms with van der Waals surface area (Å²) in [4.78, 5) is 11.3. The van der Waals surface area contributed by atoms with Crippen molar-refractivity contribution in [3.8, 4) is 11.1 Å². The van der Waals surface area contributed by atoms with E-state index in [0.717, 1.165) is 30.3 Å². The van der Waals surface area contributed by atoms with Gasteiger partial charge in [0.05, 0.1) is 5.56 Å². The normalized spacial score (nSPS) is 11.4. The Hall–Kier alpha value is -1.88. The van der Waals surface area contributed by atoms with Crippen molar-refractivity contribution in [2.75, 3.05) is 0 Å². The lowest BCUT2D eigenvalue weighted by Crippen LogP contribution is -2.05. The zero-order valence-corrected chi connectivity index (χ0v) is 10.6. The van der Waals surface area contributed by atoms with E-state index >= 15 is 0 Å². The predicted molar refractivity (Wildman–Crippen MR) is 67.0 cm³/mol. The molecule has 2 aromatic carbocycles. The summed E-state index contributed by atoms with van der Waals surface area (Å²) in [6, 6.07) is 7.42. The first-order valence-electron chi connectivity index (χ1n) is 5.46. The second-order valence-corrected chi connectivity index (χ2v) is 4.39. The summed E-state index contributed by atoms with van der Waals surface area (Å²) < 4.78 is 51.2. The van der Waals surface area contributed by atoms with Gasteiger partial charge < -0.3 is 0 Å². The molecule has 0 bridgehead atoms. The molecule has 1 nitrogen and oxygen atoms in total. The van der Waals surface area contributed by atoms with Gasteiger partial charge in [0.25, 0.3) is 5.24 Å². The lowest BCUT2D eigenvalue weighted by molar-refractivity contribution is -0.137. The van der Waals surface area contributed by atoms with E-state index in [4.69, 9.17) is 11.6 Å². The number of hydrogen-bond donors (Lipinski definition) is 0. The fourth-order valence-corrected chi connectivity index (χ4v) is 1.95. The van der Waals surface area contributed by atoms with Crippen molar-refractivity contribution in [3.63, 3.8) is 0 Å². The summed E-state index contributed by atoms with van der Waals surface area (Å²) >= 11 is 5.36. The third-order valence-corrected chi connectivity index (χ3v) is 2.90. The van der Waals surface area contributed by atoms with Crippen LogP contribution in [0.5, 0.6) is 0 Å². The number of carbonyl (C=O) groups excluding carboxylic acids is 1. The van der Waals surface area contributed by atoms with Gasteiger partial charge >= 0.3 is 6.18 Å². The van der Waals surface area contributed by atoms with Gasteiger partial charge in [-0.3, -0.25) is 4.79 Å². The van der Waals surface area contributed by atoms with E-state index in [1.165, 1.54) is 12.1 Å². The van der Waals surface area contributed by atoms with Gasteiger partial charge in [-0.15, -0.1) is 0 Å². The minimum atomic E-state index is -4.52. The molecule has 0 radical (unpaired) electrons. The molecule has 0 spiro atoms. The standard InChI is InChI=1S/C14H7ClF4O/c15-13(20)11-5-4-10(16)7-12(11)8-2-1-3-9(6-8)14(17,18)19/h1-7H. The van der Waals surface area contributed by atoms with E-state index in [2.05, 4.69) is 0 Å². The van der Waals surface area contributed by atoms with Crippen molar-refractivity contribution >= 4 is 16.8 Å². The third-order valence-electron chi connectivity index (χ3n) is 2.69. The van der Waals surface area contributed by atoms with Crippen molar-refractivity contribution in [3.05, 3.63) is 59.4 Å². The van der Waals surface area contributed by atoms with Crippen molar-refractivity contribution in [1.82, 2.24) is 0 Å². The Morgan fingerprint density at radius 2 is 1.75 bits per heavy atom. The molecule has 0 aliphatic heterocycles. The molecule has 2 rings (SSSR count). The lowest BCUT2D eigenvalue weighted by atomic mass is 9.98. The topological polar surface area (TPSA) is 17.1 Å². The van der Waals surface area contributed by atoms with E-state index < -0.39 is 22.8 Å². The molecule has 0 fully saturated rings. The Kier molecular flexibility index (Phi) is 3.81. The molecule has 0 atom stereocenters. The summed E-state index contributed by atoms with van der Waals surface area (Å²) in [5.41, 5.74) is -0.834. The fourth-order valence-electron chi connectivity index (χ4n) is 1.79. The molecule has 20 heavy (non-hydrogen) atoms. The second-order valence-electron chi connectivity index (χ2n) is 4.04. The van der Waals surface area contributed by atoms with Crippen LogP contribution in [0.1, 0.15) is 15.9 Å². The largest absolute Gasteiger partial charge is 0.416 e. The van der Waals surface area contributed by atoms with Crippen LogP contribution in [0.4, 0.5) is 17.6 Å². The SMILES string of the molecule is O=C(Cl)c1ccc(F)cc1-c1cccc(C(F)(F)F)c1. The minimum Gasteiger partial charge on any atom is -0.276 e. The predicted octanol–water partition coefficient (Wildman–Crippen LogP) is 4.89. The molecular formula is C14H7ClF4O. The molecule has 0 saturated carbocycles. The average molecular weight is 303 g/mol. The maximum atomic E-state index is 13.3. The summed E-state index contributed by atoms with van der Waals surface area (Å²) in [6.45, 7) is 0. The van der Waals surface area contributed by atoms with Crippen molar-refractivity contribution in [2.24, 2.45) is 0 Å². The van der Waals surface area contributed by atoms with Gasteiger partial charge in [-0.2, -0.15) is 13.2 Å². The van der Waals surface area contributed by atoms with E-state index in [-0.39, 0.29) is 16.7 Å². The molecule has 0 unspecified atom stereocenters. The Morgan fingerprint density at radius 1 is 1.05 bits per heavy atom. The van der Waals surface area contributed by atoms with E-state index in [0.29, 0.717) is 0 Å². The van der Waals surface area contributed by atoms with Crippen LogP contribution in [-0.2, 0) is 6.18 Å². The Morgan fingerprint density at radius 3 is 2.35 bits per heavy atom. The van der Waals surface area contributed by atoms with Gasteiger partial charge in [0, 0.05) is 5.56 Å². The number of carbonyl (C=O) groups is 1. The van der Waals surface area contributed by atoms with Crippen LogP contribution in [0.15, 0.2) is 42.5 Å². The first-order valence-corrected chi connectivity index (χ1v) is 5.84. The number of alkyl halides is 3. The van der Waals surface area contributed by atoms with Gasteiger partial charge in [-0.05, 0) is 53.1 Å². The van der Waals surface area contributed by atoms with E-state index in [1.54, 1.807) is 0 Å². The van der Waals surface area contributed by atoms with Crippen LogP contribution in [0.2, 0.25) is 0 Å². The molecule has 0 heterocycles. The quantitative estimate of drug-likeness (QED) is 0.570. The van der Waals surface area contributed by atoms with Gasteiger partial charge in [0.15, 0.2) is 0 Å². The first-order chi connectivity index (χ1) is 9.29. The first kappa shape index (κ1) is 14.5. The maximum Gasteiger partial charge on any atom is 0.416 e. The molecule has 0 amide bonds. The maximum absolute atomic E-state index is 13.3. The summed E-state index contributed by atoms with van der Waals surface area (Å²) in [5.74, 6) is -0.668. The summed E-state index contributed by atoms with van der Waals surface area (Å²) in [5, 5.41) is -0.864. The molecule has 104 valence electrons. The molecule has 0 saturated heterocycles. The average Bonchev–Trinajstić information content (AvgIpc) is 2.37. The zero-order valence-electron chi connectivity index (χ0n) is 9.84. The van der Waals surface area contributed by atoms with Gasteiger partial charge in [0.1, 0.15) is 5.82 Å². The third kappa shape index (κ3) is 2.99. The number of benzene rings is 2. The highest BCUT2D eigenvalue weighted by molar-refractivity contribution is 6.68. The molecule has 0 aliphatic rings. The van der Waals surface area contributed by atoms with Crippen LogP contribution < -0.4 is 0 Å². The van der Waals surface area contributed by atoms with Crippen molar-refractivity contribution < 1.29 is 22.4 Å². The van der Waals surface area contributed by atoms with Gasteiger partial charge in [-0.1, -0.05) is 12.1 Å². The highest BCUT2D eigenvalue weighted by atomic mass is 35.5. The minimum absolute atomic E-state index is 0.0242. The lowest BCUT2D eigenvalue weighted by Gasteiger charge is -2.11. The zero-order chi connectivity index (χ0) is 14.9. The number of halogens is 5. The molecule has 0 aliphatic carbocycles. The van der Waals surface area contributed by atoms with Crippen LogP contribution >= 0.6 is 11.6 Å². The fraction of sp³-hybridized carbons (Fsp3) is 0.0714. The molecule has 6 heteroatoms. The van der Waals surface area contributed by atoms with Crippen molar-refractivity contribution in [2.45, 2.75) is 6.18 Å². The molecule has 0 N–H and O–H groups in total. The van der Waals surface area contributed by atoms with E-state index in [1.807, 2.05) is 0 Å². The van der Waals surface area contributed by atoms with Gasteiger partial charge in [-0.25, -0.2) is 4.39 Å². The van der Waals surface area contributed by atoms with Crippen LogP contribution in [0.3, 0.4) is 0 Å². The molecular weight excluding hydrogens is 296 g/mol. The Bertz CT molecular complexity index is 664. The highest BCUT2D eigenvalue weighted by Gasteiger charge is 2.30. The molecule has 0 aromatic heterocycles. The van der Waals surface area contributed by atoms with Crippen LogP contribution in [-0.4, -0.2) is 5.24 Å². The Labute approximate surface area is 116 Å². The monoisotopic (exact) mass is 302 g/mol. The number of rotatable bonds is 2. The highest BCUT2D eigenvalue weighted by Crippen LogP contribution is 2.33.